The second kappa shape index (κ2) is 13.7. The number of allylic oxidation sites excluding steroid dienone is 2. The van der Waals surface area contributed by atoms with Crippen LogP contribution in [0, 0.1) is 0 Å². The highest BCUT2D eigenvalue weighted by atomic mass is 32.2. The van der Waals surface area contributed by atoms with Crippen molar-refractivity contribution in [3.05, 3.63) is 59.2 Å². The number of nitrogens with zero attached hydrogens (tertiary/aromatic N) is 1. The zero-order chi connectivity index (χ0) is 24.3. The highest BCUT2D eigenvalue weighted by Gasteiger charge is 2.19. The molecule has 1 unspecified atom stereocenters. The molecule has 4 nitrogen and oxygen atoms in total. The van der Waals surface area contributed by atoms with Crippen molar-refractivity contribution in [3.63, 3.8) is 0 Å². The number of hydrogen-bond donors (Lipinski definition) is 2. The second-order valence-corrected chi connectivity index (χ2v) is 11.0. The van der Waals surface area contributed by atoms with Gasteiger partial charge in [-0.15, -0.1) is 0 Å². The molecule has 2 N–H and O–H groups in total. The summed E-state index contributed by atoms with van der Waals surface area (Å²) < 4.78 is 11.3. The van der Waals surface area contributed by atoms with E-state index in [0.29, 0.717) is 11.5 Å². The molecule has 0 spiro atoms. The Labute approximate surface area is 208 Å². The molecule has 186 valence electrons. The summed E-state index contributed by atoms with van der Waals surface area (Å²) in [5.74, 6) is 1.45. The van der Waals surface area contributed by atoms with E-state index in [4.69, 9.17) is 0 Å². The molecule has 3 rings (SSSR count). The van der Waals surface area contributed by atoms with E-state index < -0.39 is 10.8 Å². The van der Waals surface area contributed by atoms with Crippen LogP contribution in [-0.4, -0.2) is 51.0 Å². The van der Waals surface area contributed by atoms with E-state index in [0.717, 1.165) is 69.5 Å². The molecule has 0 radical (unpaired) electrons. The quantitative estimate of drug-likeness (QED) is 0.324. The Morgan fingerprint density at radius 1 is 0.912 bits per heavy atom. The number of phenolic OH excluding ortho intramolecular Hbond substituents is 2. The molecule has 1 aliphatic rings. The molecule has 0 amide bonds. The molecule has 2 aromatic rings. The fourth-order valence-corrected chi connectivity index (χ4v) is 5.59. The van der Waals surface area contributed by atoms with Gasteiger partial charge in [0.2, 0.25) is 0 Å². The predicted molar refractivity (Wildman–Crippen MR) is 145 cm³/mol. The highest BCUT2D eigenvalue weighted by molar-refractivity contribution is 7.84. The lowest BCUT2D eigenvalue weighted by atomic mass is 9.89. The first-order chi connectivity index (χ1) is 16.5. The third-order valence-electron chi connectivity index (χ3n) is 6.85. The van der Waals surface area contributed by atoms with Crippen molar-refractivity contribution in [2.24, 2.45) is 0 Å². The first kappa shape index (κ1) is 26.5. The Bertz CT molecular complexity index is 985. The van der Waals surface area contributed by atoms with E-state index in [9.17, 15) is 14.4 Å². The zero-order valence-electron chi connectivity index (χ0n) is 20.9. The van der Waals surface area contributed by atoms with Gasteiger partial charge < -0.3 is 15.1 Å². The van der Waals surface area contributed by atoms with Gasteiger partial charge in [0.05, 0.1) is 0 Å². The van der Waals surface area contributed by atoms with Crippen LogP contribution < -0.4 is 0 Å². The Balaban J connectivity index is 1.62. The zero-order valence-corrected chi connectivity index (χ0v) is 21.7. The number of rotatable bonds is 13. The summed E-state index contributed by atoms with van der Waals surface area (Å²) in [5, 5.41) is 20.1. The van der Waals surface area contributed by atoms with Crippen molar-refractivity contribution < 1.29 is 14.4 Å². The van der Waals surface area contributed by atoms with E-state index in [1.807, 2.05) is 18.2 Å². The van der Waals surface area contributed by atoms with Crippen LogP contribution in [0.25, 0.3) is 11.1 Å². The monoisotopic (exact) mass is 483 g/mol. The number of phenols is 2. The molecule has 0 saturated carbocycles. The van der Waals surface area contributed by atoms with Crippen molar-refractivity contribution in [2.45, 2.75) is 64.7 Å². The number of fused-ring (bicyclic) bond motifs is 1. The third kappa shape index (κ3) is 7.99. The van der Waals surface area contributed by atoms with Crippen molar-refractivity contribution >= 4 is 21.9 Å². The van der Waals surface area contributed by atoms with Crippen LogP contribution in [0.15, 0.2) is 42.5 Å². The Kier molecular flexibility index (Phi) is 10.7. The van der Waals surface area contributed by atoms with E-state index in [1.165, 1.54) is 41.5 Å². The van der Waals surface area contributed by atoms with Crippen molar-refractivity contribution in [1.82, 2.24) is 4.90 Å². The molecule has 1 aliphatic carbocycles. The number of benzene rings is 2. The lowest BCUT2D eigenvalue weighted by Crippen LogP contribution is -2.26. The second-order valence-electron chi connectivity index (χ2n) is 9.43. The molecule has 34 heavy (non-hydrogen) atoms. The topological polar surface area (TPSA) is 60.8 Å². The molecule has 0 saturated heterocycles. The number of unbranched alkanes of at least 4 members (excludes halogenated alkanes) is 3. The highest BCUT2D eigenvalue weighted by Crippen LogP contribution is 2.40. The summed E-state index contributed by atoms with van der Waals surface area (Å²) in [5.41, 5.74) is 6.32. The normalized spacial score (nSPS) is 14.8. The summed E-state index contributed by atoms with van der Waals surface area (Å²) in [6.45, 7) is 5.42. The Hall–Kier alpha value is -2.11. The van der Waals surface area contributed by atoms with Gasteiger partial charge in [-0.2, -0.15) is 0 Å². The maximum Gasteiger partial charge on any atom is 0.116 e. The first-order valence-electron chi connectivity index (χ1n) is 12.8. The minimum atomic E-state index is -0.692. The fourth-order valence-electron chi connectivity index (χ4n) is 5.06. The van der Waals surface area contributed by atoms with Crippen LogP contribution in [0.4, 0.5) is 0 Å². The van der Waals surface area contributed by atoms with Crippen molar-refractivity contribution in [2.75, 3.05) is 31.6 Å². The minimum Gasteiger partial charge on any atom is -0.508 e. The van der Waals surface area contributed by atoms with Crippen LogP contribution in [0.1, 0.15) is 75.0 Å². The van der Waals surface area contributed by atoms with E-state index in [2.05, 4.69) is 24.0 Å². The number of aromatic hydroxyl groups is 2. The summed E-state index contributed by atoms with van der Waals surface area (Å²) in [7, 11) is -0.692. The third-order valence-corrected chi connectivity index (χ3v) is 7.71. The van der Waals surface area contributed by atoms with Crippen LogP contribution >= 0.6 is 0 Å². The predicted octanol–water partition coefficient (Wildman–Crippen LogP) is 6.39. The van der Waals surface area contributed by atoms with Crippen LogP contribution in [0.5, 0.6) is 11.5 Å². The van der Waals surface area contributed by atoms with Crippen molar-refractivity contribution in [3.8, 4) is 11.5 Å². The molecular weight excluding hydrogens is 442 g/mol. The van der Waals surface area contributed by atoms with Gasteiger partial charge in [-0.3, -0.25) is 4.21 Å². The standard InChI is InChI=1S/C29H41NO3S/c1-3-30(19-10-20-34(2)33)18-7-5-4-6-14-29-27(23-11-8-13-25(31)21-23)15-9-12-24-22-26(32)16-17-28(24)29/h8,11,13,16-17,21-22,31-32H,3-7,9-10,12,14-15,18-20H2,1-2H3. The van der Waals surface area contributed by atoms with Gasteiger partial charge in [0.25, 0.3) is 0 Å². The van der Waals surface area contributed by atoms with Crippen LogP contribution in [-0.2, 0) is 17.2 Å². The molecule has 0 aliphatic heterocycles. The van der Waals surface area contributed by atoms with Gasteiger partial charge in [0.1, 0.15) is 11.5 Å². The molecule has 5 heteroatoms. The van der Waals surface area contributed by atoms with Crippen LogP contribution in [0.2, 0.25) is 0 Å². The smallest absolute Gasteiger partial charge is 0.116 e. The first-order valence-corrected chi connectivity index (χ1v) is 14.6. The van der Waals surface area contributed by atoms with Gasteiger partial charge in [-0.1, -0.05) is 38.0 Å². The lowest BCUT2D eigenvalue weighted by Gasteiger charge is -2.20. The molecule has 0 aromatic heterocycles. The van der Waals surface area contributed by atoms with E-state index in [-0.39, 0.29) is 0 Å². The van der Waals surface area contributed by atoms with Crippen LogP contribution in [0.3, 0.4) is 0 Å². The number of hydrogen-bond acceptors (Lipinski definition) is 4. The van der Waals surface area contributed by atoms with Gasteiger partial charge in [-0.25, -0.2) is 0 Å². The average Bonchev–Trinajstić information content (AvgIpc) is 2.98. The van der Waals surface area contributed by atoms with Gasteiger partial charge >= 0.3 is 0 Å². The van der Waals surface area contributed by atoms with Crippen molar-refractivity contribution in [1.29, 1.82) is 0 Å². The summed E-state index contributed by atoms with van der Waals surface area (Å²) >= 11 is 0. The maximum atomic E-state index is 11.3. The van der Waals surface area contributed by atoms with Gasteiger partial charge in [0.15, 0.2) is 0 Å². The summed E-state index contributed by atoms with van der Waals surface area (Å²) in [6, 6.07) is 13.5. The lowest BCUT2D eigenvalue weighted by molar-refractivity contribution is 0.282. The Morgan fingerprint density at radius 2 is 1.68 bits per heavy atom. The molecule has 1 atom stereocenters. The van der Waals surface area contributed by atoms with Gasteiger partial charge in [-0.05, 0) is 117 Å². The largest absolute Gasteiger partial charge is 0.508 e. The SMILES string of the molecule is CCN(CCCCCCC1=C(c2cccc(O)c2)CCCc2cc(O)ccc21)CCCS(C)=O. The number of aryl methyl sites for hydroxylation is 1. The maximum absolute atomic E-state index is 11.3. The minimum absolute atomic E-state index is 0.310. The summed E-state index contributed by atoms with van der Waals surface area (Å²) in [6.07, 6.45) is 11.6. The molecular formula is C29H41NO3S. The molecule has 0 heterocycles. The van der Waals surface area contributed by atoms with E-state index in [1.54, 1.807) is 18.4 Å². The Morgan fingerprint density at radius 3 is 2.44 bits per heavy atom. The average molecular weight is 484 g/mol. The fraction of sp³-hybridized carbons (Fsp3) is 0.517. The summed E-state index contributed by atoms with van der Waals surface area (Å²) in [4.78, 5) is 2.48. The molecule has 2 aromatic carbocycles. The van der Waals surface area contributed by atoms with Gasteiger partial charge in [0, 0.05) is 22.8 Å². The molecule has 0 fully saturated rings. The molecule has 0 bridgehead atoms. The van der Waals surface area contributed by atoms with E-state index >= 15 is 0 Å².